The van der Waals surface area contributed by atoms with Crippen LogP contribution in [-0.4, -0.2) is 35.8 Å². The maximum atomic E-state index is 10.4. The van der Waals surface area contributed by atoms with E-state index in [1.807, 2.05) is 30.3 Å². The van der Waals surface area contributed by atoms with Gasteiger partial charge in [-0.2, -0.15) is 0 Å². The van der Waals surface area contributed by atoms with Gasteiger partial charge in [-0.1, -0.05) is 74.0 Å². The molecule has 0 saturated heterocycles. The van der Waals surface area contributed by atoms with Gasteiger partial charge in [0.2, 0.25) is 0 Å². The molecular weight excluding hydrogens is 322 g/mol. The third kappa shape index (κ3) is 8.13. The molecule has 1 atom stereocenters. The Morgan fingerprint density at radius 3 is 2.42 bits per heavy atom. The highest BCUT2D eigenvalue weighted by Gasteiger charge is 2.13. The molecule has 0 bridgehead atoms. The second-order valence-corrected chi connectivity index (χ2v) is 7.56. The minimum Gasteiger partial charge on any atom is -0.389 e. The van der Waals surface area contributed by atoms with Crippen molar-refractivity contribution in [2.24, 2.45) is 5.92 Å². The standard InChI is InChI=1S/C23H33NO2/c1-19(2)12-13-24(15-22-11-7-8-20(3)14-22)16-23(25)18-26-17-21-9-5-4-6-10-21/h4-11,14,19,23,25H,12-13,15-18H2,1-3H3/t23-/m0/s1. The topological polar surface area (TPSA) is 32.7 Å². The number of nitrogens with zero attached hydrogens (tertiary/aromatic N) is 1. The largest absolute Gasteiger partial charge is 0.389 e. The van der Waals surface area contributed by atoms with E-state index in [0.29, 0.717) is 25.7 Å². The molecule has 0 aliphatic rings. The van der Waals surface area contributed by atoms with E-state index in [-0.39, 0.29) is 0 Å². The average Bonchev–Trinajstić information content (AvgIpc) is 2.60. The third-order valence-corrected chi connectivity index (χ3v) is 4.40. The number of hydrogen-bond acceptors (Lipinski definition) is 3. The lowest BCUT2D eigenvalue weighted by Gasteiger charge is -2.26. The number of rotatable bonds is 11. The van der Waals surface area contributed by atoms with Crippen molar-refractivity contribution >= 4 is 0 Å². The van der Waals surface area contributed by atoms with Crippen molar-refractivity contribution in [2.75, 3.05) is 19.7 Å². The van der Waals surface area contributed by atoms with E-state index in [1.165, 1.54) is 11.1 Å². The molecule has 1 N–H and O–H groups in total. The highest BCUT2D eigenvalue weighted by molar-refractivity contribution is 5.22. The van der Waals surface area contributed by atoms with E-state index >= 15 is 0 Å². The van der Waals surface area contributed by atoms with Gasteiger partial charge in [0, 0.05) is 13.1 Å². The van der Waals surface area contributed by atoms with Gasteiger partial charge in [0.1, 0.15) is 0 Å². The van der Waals surface area contributed by atoms with Gasteiger partial charge in [0.15, 0.2) is 0 Å². The number of aliphatic hydroxyl groups is 1. The monoisotopic (exact) mass is 355 g/mol. The molecule has 2 aromatic carbocycles. The van der Waals surface area contributed by atoms with E-state index in [2.05, 4.69) is 49.9 Å². The lowest BCUT2D eigenvalue weighted by atomic mass is 10.1. The average molecular weight is 356 g/mol. The fourth-order valence-electron chi connectivity index (χ4n) is 2.98. The summed E-state index contributed by atoms with van der Waals surface area (Å²) in [4.78, 5) is 2.34. The first-order chi connectivity index (χ1) is 12.5. The summed E-state index contributed by atoms with van der Waals surface area (Å²) >= 11 is 0. The van der Waals surface area contributed by atoms with Gasteiger partial charge in [-0.05, 0) is 36.9 Å². The zero-order valence-corrected chi connectivity index (χ0v) is 16.4. The summed E-state index contributed by atoms with van der Waals surface area (Å²) in [5.41, 5.74) is 3.71. The Morgan fingerprint density at radius 2 is 1.73 bits per heavy atom. The van der Waals surface area contributed by atoms with E-state index in [4.69, 9.17) is 4.74 Å². The predicted octanol–water partition coefficient (Wildman–Crippen LogP) is 4.42. The lowest BCUT2D eigenvalue weighted by molar-refractivity contribution is 0.00789. The van der Waals surface area contributed by atoms with Gasteiger partial charge < -0.3 is 9.84 Å². The first-order valence-electron chi connectivity index (χ1n) is 9.60. The second-order valence-electron chi connectivity index (χ2n) is 7.56. The Bertz CT molecular complexity index is 627. The maximum absolute atomic E-state index is 10.4. The fraction of sp³-hybridized carbons (Fsp3) is 0.478. The molecule has 0 heterocycles. The summed E-state index contributed by atoms with van der Waals surface area (Å²) in [6, 6.07) is 18.7. The van der Waals surface area contributed by atoms with Crippen molar-refractivity contribution in [1.82, 2.24) is 4.90 Å². The van der Waals surface area contributed by atoms with Crippen LogP contribution < -0.4 is 0 Å². The minimum absolute atomic E-state index is 0.362. The van der Waals surface area contributed by atoms with E-state index in [0.717, 1.165) is 25.1 Å². The summed E-state index contributed by atoms with van der Waals surface area (Å²) in [5.74, 6) is 0.654. The van der Waals surface area contributed by atoms with Crippen LogP contribution in [0.1, 0.15) is 37.0 Å². The molecular formula is C23H33NO2. The molecule has 26 heavy (non-hydrogen) atoms. The Morgan fingerprint density at radius 1 is 1.00 bits per heavy atom. The lowest BCUT2D eigenvalue weighted by Crippen LogP contribution is -2.35. The summed E-state index contributed by atoms with van der Waals surface area (Å²) in [6.45, 7) is 9.99. The molecule has 0 unspecified atom stereocenters. The molecule has 3 nitrogen and oxygen atoms in total. The summed E-state index contributed by atoms with van der Waals surface area (Å²) in [7, 11) is 0. The van der Waals surface area contributed by atoms with E-state index in [1.54, 1.807) is 0 Å². The zero-order valence-electron chi connectivity index (χ0n) is 16.4. The molecule has 0 radical (unpaired) electrons. The second kappa shape index (κ2) is 11.1. The van der Waals surface area contributed by atoms with Gasteiger partial charge in [-0.3, -0.25) is 4.90 Å². The van der Waals surface area contributed by atoms with Crippen LogP contribution in [0.5, 0.6) is 0 Å². The Labute approximate surface area is 158 Å². The van der Waals surface area contributed by atoms with Gasteiger partial charge >= 0.3 is 0 Å². The van der Waals surface area contributed by atoms with Crippen LogP contribution in [0.3, 0.4) is 0 Å². The number of ether oxygens (including phenoxy) is 1. The Hall–Kier alpha value is -1.68. The molecule has 0 aliphatic heterocycles. The van der Waals surface area contributed by atoms with Crippen molar-refractivity contribution in [3.05, 3.63) is 71.3 Å². The van der Waals surface area contributed by atoms with Crippen LogP contribution in [0.25, 0.3) is 0 Å². The van der Waals surface area contributed by atoms with Crippen molar-refractivity contribution in [3.63, 3.8) is 0 Å². The molecule has 2 aromatic rings. The Balaban J connectivity index is 1.83. The number of aliphatic hydroxyl groups excluding tert-OH is 1. The summed E-state index contributed by atoms with van der Waals surface area (Å²) < 4.78 is 5.70. The molecule has 0 amide bonds. The van der Waals surface area contributed by atoms with Crippen molar-refractivity contribution in [3.8, 4) is 0 Å². The predicted molar refractivity (Wildman–Crippen MR) is 108 cm³/mol. The van der Waals surface area contributed by atoms with Crippen LogP contribution in [0, 0.1) is 12.8 Å². The summed E-state index contributed by atoms with van der Waals surface area (Å²) in [5, 5.41) is 10.4. The van der Waals surface area contributed by atoms with Crippen LogP contribution in [0.2, 0.25) is 0 Å². The van der Waals surface area contributed by atoms with Gasteiger partial charge in [0.25, 0.3) is 0 Å². The molecule has 3 heteroatoms. The van der Waals surface area contributed by atoms with Gasteiger partial charge in [0.05, 0.1) is 19.3 Å². The number of aryl methyl sites for hydroxylation is 1. The molecule has 0 aromatic heterocycles. The first kappa shape index (κ1) is 20.6. The van der Waals surface area contributed by atoms with Crippen LogP contribution >= 0.6 is 0 Å². The maximum Gasteiger partial charge on any atom is 0.0900 e. The van der Waals surface area contributed by atoms with Crippen LogP contribution in [0.15, 0.2) is 54.6 Å². The quantitative estimate of drug-likeness (QED) is 0.648. The molecule has 142 valence electrons. The number of hydrogen-bond donors (Lipinski definition) is 1. The fourth-order valence-corrected chi connectivity index (χ4v) is 2.98. The van der Waals surface area contributed by atoms with Crippen LogP contribution in [0.4, 0.5) is 0 Å². The summed E-state index contributed by atoms with van der Waals surface area (Å²) in [6.07, 6.45) is 0.652. The normalized spacial score (nSPS) is 12.7. The van der Waals surface area contributed by atoms with Crippen molar-refractivity contribution in [2.45, 2.75) is 46.4 Å². The molecule has 0 fully saturated rings. The van der Waals surface area contributed by atoms with Gasteiger partial charge in [-0.15, -0.1) is 0 Å². The highest BCUT2D eigenvalue weighted by atomic mass is 16.5. The molecule has 0 saturated carbocycles. The smallest absolute Gasteiger partial charge is 0.0900 e. The minimum atomic E-state index is -0.476. The zero-order chi connectivity index (χ0) is 18.8. The first-order valence-corrected chi connectivity index (χ1v) is 9.60. The molecule has 0 aliphatic carbocycles. The number of benzene rings is 2. The Kier molecular flexibility index (Phi) is 8.82. The molecule has 0 spiro atoms. The molecule has 2 rings (SSSR count). The van der Waals surface area contributed by atoms with E-state index < -0.39 is 6.10 Å². The van der Waals surface area contributed by atoms with Crippen LogP contribution in [-0.2, 0) is 17.9 Å². The van der Waals surface area contributed by atoms with Gasteiger partial charge in [-0.25, -0.2) is 0 Å². The van der Waals surface area contributed by atoms with E-state index in [9.17, 15) is 5.11 Å². The SMILES string of the molecule is Cc1cccc(CN(CCC(C)C)C[C@H](O)COCc2ccccc2)c1. The van der Waals surface area contributed by atoms with Crippen molar-refractivity contribution < 1.29 is 9.84 Å². The third-order valence-electron chi connectivity index (χ3n) is 4.40. The highest BCUT2D eigenvalue weighted by Crippen LogP contribution is 2.11. The van der Waals surface area contributed by atoms with Crippen molar-refractivity contribution in [1.29, 1.82) is 0 Å².